The monoisotopic (exact) mass is 478 g/mol. The summed E-state index contributed by atoms with van der Waals surface area (Å²) in [6, 6.07) is 3.86. The molecule has 0 N–H and O–H groups in total. The summed E-state index contributed by atoms with van der Waals surface area (Å²) in [4.78, 5) is 23.5. The summed E-state index contributed by atoms with van der Waals surface area (Å²) in [6.07, 6.45) is 0.0203. The lowest BCUT2D eigenvalue weighted by Gasteiger charge is -2.44. The van der Waals surface area contributed by atoms with Crippen LogP contribution in [0.3, 0.4) is 0 Å². The van der Waals surface area contributed by atoms with Gasteiger partial charge < -0.3 is 14.2 Å². The summed E-state index contributed by atoms with van der Waals surface area (Å²) in [7, 11) is 0. The zero-order valence-electron chi connectivity index (χ0n) is 16.0. The SMILES string of the molecule is CS[C@H]1O[C@@H](c2cc(C)c(Cl)c(CBr)c2)[C@H](OC(C)=O)[C@@H](OC(C)=O)[C@@H]1C. The van der Waals surface area contributed by atoms with Gasteiger partial charge in [0.05, 0.1) is 0 Å². The van der Waals surface area contributed by atoms with E-state index in [1.54, 1.807) is 0 Å². The molecule has 1 saturated heterocycles. The molecule has 0 amide bonds. The maximum absolute atomic E-state index is 11.8. The van der Waals surface area contributed by atoms with Gasteiger partial charge in [0.1, 0.15) is 17.6 Å². The number of aryl methyl sites for hydroxylation is 1. The molecule has 1 fully saturated rings. The lowest BCUT2D eigenvalue weighted by Crippen LogP contribution is -2.52. The van der Waals surface area contributed by atoms with Gasteiger partial charge in [-0.05, 0) is 29.9 Å². The lowest BCUT2D eigenvalue weighted by atomic mass is 9.88. The van der Waals surface area contributed by atoms with Crippen LogP contribution in [0.25, 0.3) is 0 Å². The summed E-state index contributed by atoms with van der Waals surface area (Å²) < 4.78 is 17.4. The third kappa shape index (κ3) is 5.19. The van der Waals surface area contributed by atoms with Crippen molar-refractivity contribution in [3.63, 3.8) is 0 Å². The van der Waals surface area contributed by atoms with E-state index in [9.17, 15) is 9.59 Å². The van der Waals surface area contributed by atoms with Crippen LogP contribution in [0.2, 0.25) is 5.02 Å². The van der Waals surface area contributed by atoms with E-state index >= 15 is 0 Å². The molecule has 1 aromatic rings. The number of carbonyl (C=O) groups excluding carboxylic acids is 2. The summed E-state index contributed by atoms with van der Waals surface area (Å²) in [5, 5.41) is 1.27. The normalized spacial score (nSPS) is 27.9. The van der Waals surface area contributed by atoms with Gasteiger partial charge in [-0.15, -0.1) is 11.8 Å². The van der Waals surface area contributed by atoms with E-state index in [2.05, 4.69) is 15.9 Å². The second kappa shape index (κ2) is 9.63. The van der Waals surface area contributed by atoms with Crippen LogP contribution in [0.1, 0.15) is 43.6 Å². The number of carbonyl (C=O) groups is 2. The van der Waals surface area contributed by atoms with Crippen LogP contribution in [-0.4, -0.2) is 35.8 Å². The van der Waals surface area contributed by atoms with Crippen LogP contribution in [0.5, 0.6) is 0 Å². The average Bonchev–Trinajstić information content (AvgIpc) is 2.60. The molecule has 1 aliphatic heterocycles. The van der Waals surface area contributed by atoms with E-state index < -0.39 is 30.3 Å². The largest absolute Gasteiger partial charge is 0.458 e. The van der Waals surface area contributed by atoms with E-state index in [4.69, 9.17) is 25.8 Å². The van der Waals surface area contributed by atoms with Crippen LogP contribution in [-0.2, 0) is 29.1 Å². The van der Waals surface area contributed by atoms with Crippen molar-refractivity contribution in [1.29, 1.82) is 0 Å². The Kier molecular flexibility index (Phi) is 8.04. The van der Waals surface area contributed by atoms with Crippen molar-refractivity contribution in [3.05, 3.63) is 33.8 Å². The number of esters is 2. The summed E-state index contributed by atoms with van der Waals surface area (Å²) in [6.45, 7) is 6.54. The lowest BCUT2D eigenvalue weighted by molar-refractivity contribution is -0.211. The third-order valence-corrected chi connectivity index (χ3v) is 6.66. The molecule has 0 saturated carbocycles. The molecule has 27 heavy (non-hydrogen) atoms. The molecule has 5 atom stereocenters. The standard InChI is InChI=1S/C19H24BrClO5S/c1-9-6-13(7-14(8-20)15(9)21)17-18(25-12(4)23)16(24-11(3)22)10(2)19(26-17)27-5/h6-7,10,16-19H,8H2,1-5H3/t10-,16-,17-,18+,19+/m0/s1. The van der Waals surface area contributed by atoms with Crippen molar-refractivity contribution in [2.45, 2.75) is 56.8 Å². The predicted molar refractivity (Wildman–Crippen MR) is 110 cm³/mol. The van der Waals surface area contributed by atoms with Crippen molar-refractivity contribution in [3.8, 4) is 0 Å². The first kappa shape index (κ1) is 22.5. The van der Waals surface area contributed by atoms with Gasteiger partial charge in [-0.2, -0.15) is 0 Å². The first-order valence-corrected chi connectivity index (χ1v) is 11.4. The quantitative estimate of drug-likeness (QED) is 0.446. The molecule has 0 aliphatic carbocycles. The zero-order valence-corrected chi connectivity index (χ0v) is 19.1. The van der Waals surface area contributed by atoms with Gasteiger partial charge in [0, 0.05) is 30.1 Å². The molecule has 150 valence electrons. The van der Waals surface area contributed by atoms with E-state index in [1.807, 2.05) is 32.2 Å². The van der Waals surface area contributed by atoms with Crippen LogP contribution in [0.4, 0.5) is 0 Å². The molecule has 0 unspecified atom stereocenters. The Morgan fingerprint density at radius 2 is 1.81 bits per heavy atom. The van der Waals surface area contributed by atoms with Crippen LogP contribution in [0.15, 0.2) is 12.1 Å². The Hall–Kier alpha value is -0.760. The number of halogens is 2. The molecule has 0 spiro atoms. The average molecular weight is 480 g/mol. The van der Waals surface area contributed by atoms with Gasteiger partial charge in [-0.25, -0.2) is 0 Å². The number of ether oxygens (including phenoxy) is 3. The molecule has 5 nitrogen and oxygen atoms in total. The first-order valence-electron chi connectivity index (χ1n) is 8.57. The van der Waals surface area contributed by atoms with Crippen molar-refractivity contribution in [1.82, 2.24) is 0 Å². The predicted octanol–water partition coefficient (Wildman–Crippen LogP) is 4.80. The number of hydrogen-bond acceptors (Lipinski definition) is 6. The Labute approximate surface area is 177 Å². The van der Waals surface area contributed by atoms with E-state index in [0.29, 0.717) is 10.4 Å². The van der Waals surface area contributed by atoms with Crippen LogP contribution in [0, 0.1) is 12.8 Å². The van der Waals surface area contributed by atoms with Crippen LogP contribution < -0.4 is 0 Å². The minimum Gasteiger partial charge on any atom is -0.458 e. The van der Waals surface area contributed by atoms with Gasteiger partial charge in [-0.3, -0.25) is 9.59 Å². The molecular formula is C19H24BrClO5S. The van der Waals surface area contributed by atoms with Crippen molar-refractivity contribution in [2.75, 3.05) is 6.26 Å². The molecule has 0 radical (unpaired) electrons. The maximum Gasteiger partial charge on any atom is 0.303 e. The van der Waals surface area contributed by atoms with Gasteiger partial charge in [0.25, 0.3) is 0 Å². The van der Waals surface area contributed by atoms with Crippen molar-refractivity contribution in [2.24, 2.45) is 5.92 Å². The Morgan fingerprint density at radius 1 is 1.22 bits per heavy atom. The van der Waals surface area contributed by atoms with Gasteiger partial charge in [-0.1, -0.05) is 46.6 Å². The summed E-state index contributed by atoms with van der Waals surface area (Å²) in [5.41, 5.74) is 2.44. The molecule has 0 bridgehead atoms. The molecule has 1 aliphatic rings. The number of benzene rings is 1. The molecule has 1 aromatic carbocycles. The third-order valence-electron chi connectivity index (χ3n) is 4.51. The van der Waals surface area contributed by atoms with Gasteiger partial charge >= 0.3 is 11.9 Å². The maximum atomic E-state index is 11.8. The molecular weight excluding hydrogens is 456 g/mol. The highest BCUT2D eigenvalue weighted by Gasteiger charge is 2.48. The second-order valence-electron chi connectivity index (χ2n) is 6.61. The molecule has 1 heterocycles. The first-order chi connectivity index (χ1) is 12.7. The summed E-state index contributed by atoms with van der Waals surface area (Å²) >= 11 is 11.4. The smallest absolute Gasteiger partial charge is 0.303 e. The Morgan fingerprint density at radius 3 is 2.33 bits per heavy atom. The summed E-state index contributed by atoms with van der Waals surface area (Å²) in [5.74, 6) is -1.02. The van der Waals surface area contributed by atoms with Crippen molar-refractivity contribution >= 4 is 51.2 Å². The topological polar surface area (TPSA) is 61.8 Å². The van der Waals surface area contributed by atoms with Gasteiger partial charge in [0.2, 0.25) is 0 Å². The Balaban J connectivity index is 2.53. The fourth-order valence-electron chi connectivity index (χ4n) is 3.33. The second-order valence-corrected chi connectivity index (χ2v) is 8.49. The number of rotatable bonds is 5. The van der Waals surface area contributed by atoms with Crippen LogP contribution >= 0.6 is 39.3 Å². The molecule has 0 aromatic heterocycles. The fourth-order valence-corrected chi connectivity index (χ4v) is 4.93. The number of hydrogen-bond donors (Lipinski definition) is 0. The van der Waals surface area contributed by atoms with Gasteiger partial charge in [0.15, 0.2) is 6.10 Å². The molecule has 8 heteroatoms. The minimum absolute atomic E-state index is 0.145. The minimum atomic E-state index is -0.742. The number of thioether (sulfide) groups is 1. The van der Waals surface area contributed by atoms with E-state index in [0.717, 1.165) is 16.7 Å². The molecule has 2 rings (SSSR count). The zero-order chi connectivity index (χ0) is 20.3. The highest BCUT2D eigenvalue weighted by Crippen LogP contribution is 2.42. The van der Waals surface area contributed by atoms with E-state index in [1.165, 1.54) is 25.6 Å². The van der Waals surface area contributed by atoms with E-state index in [-0.39, 0.29) is 11.4 Å². The Bertz CT molecular complexity index is 714. The highest BCUT2D eigenvalue weighted by molar-refractivity contribution is 9.08. The fraction of sp³-hybridized carbons (Fsp3) is 0.579. The highest BCUT2D eigenvalue weighted by atomic mass is 79.9. The number of alkyl halides is 1. The van der Waals surface area contributed by atoms with Crippen molar-refractivity contribution < 1.29 is 23.8 Å².